The number of hydrogen-bond acceptors (Lipinski definition) is 6. The van der Waals surface area contributed by atoms with E-state index in [1.807, 2.05) is 6.92 Å². The molecule has 1 aromatic rings. The molecule has 0 aliphatic rings. The maximum atomic E-state index is 14.1. The van der Waals surface area contributed by atoms with E-state index in [1.54, 1.807) is 0 Å². The highest BCUT2D eigenvalue weighted by molar-refractivity contribution is 5.93. The first kappa shape index (κ1) is 18.7. The summed E-state index contributed by atoms with van der Waals surface area (Å²) in [5, 5.41) is 0. The number of benzene rings is 1. The quantitative estimate of drug-likeness (QED) is 0.683. The van der Waals surface area contributed by atoms with Crippen LogP contribution in [0.4, 0.5) is 4.39 Å². The molecule has 0 aromatic heterocycles. The van der Waals surface area contributed by atoms with Crippen molar-refractivity contribution in [3.63, 3.8) is 0 Å². The SMILES string of the molecule is CCCC(CC(=O)OC)Oc1cc(C(=O)OC)c(OC)cc1F. The molecule has 0 aliphatic heterocycles. The molecule has 1 rings (SSSR count). The smallest absolute Gasteiger partial charge is 0.341 e. The van der Waals surface area contributed by atoms with Gasteiger partial charge in [0, 0.05) is 12.1 Å². The summed E-state index contributed by atoms with van der Waals surface area (Å²) >= 11 is 0. The van der Waals surface area contributed by atoms with Crippen molar-refractivity contribution in [1.29, 1.82) is 0 Å². The van der Waals surface area contributed by atoms with Crippen LogP contribution in [0.1, 0.15) is 36.5 Å². The molecule has 0 spiro atoms. The van der Waals surface area contributed by atoms with E-state index in [0.717, 1.165) is 12.5 Å². The normalized spacial score (nSPS) is 11.5. The van der Waals surface area contributed by atoms with E-state index >= 15 is 0 Å². The summed E-state index contributed by atoms with van der Waals surface area (Å²) < 4.78 is 33.9. The number of rotatable bonds is 8. The van der Waals surface area contributed by atoms with Crippen molar-refractivity contribution in [3.05, 3.63) is 23.5 Å². The third-order valence-corrected chi connectivity index (χ3v) is 3.19. The van der Waals surface area contributed by atoms with Gasteiger partial charge in [0.15, 0.2) is 11.6 Å². The zero-order chi connectivity index (χ0) is 17.4. The molecule has 128 valence electrons. The van der Waals surface area contributed by atoms with Crippen LogP contribution in [-0.2, 0) is 14.3 Å². The third-order valence-electron chi connectivity index (χ3n) is 3.19. The third kappa shape index (κ3) is 5.12. The van der Waals surface area contributed by atoms with E-state index in [4.69, 9.17) is 9.47 Å². The molecule has 23 heavy (non-hydrogen) atoms. The first-order valence-electron chi connectivity index (χ1n) is 7.16. The van der Waals surface area contributed by atoms with Gasteiger partial charge in [0.1, 0.15) is 17.4 Å². The van der Waals surface area contributed by atoms with Crippen LogP contribution in [-0.4, -0.2) is 39.4 Å². The predicted octanol–water partition coefficient (Wildman–Crippen LogP) is 2.73. The van der Waals surface area contributed by atoms with Gasteiger partial charge in [-0.15, -0.1) is 0 Å². The minimum atomic E-state index is -0.694. The van der Waals surface area contributed by atoms with Gasteiger partial charge >= 0.3 is 11.9 Å². The van der Waals surface area contributed by atoms with Crippen LogP contribution in [0.3, 0.4) is 0 Å². The fourth-order valence-corrected chi connectivity index (χ4v) is 2.04. The van der Waals surface area contributed by atoms with Crippen LogP contribution >= 0.6 is 0 Å². The summed E-state index contributed by atoms with van der Waals surface area (Å²) in [6.45, 7) is 1.91. The number of carbonyl (C=O) groups is 2. The molecular weight excluding hydrogens is 307 g/mol. The largest absolute Gasteiger partial charge is 0.496 e. The average molecular weight is 328 g/mol. The number of methoxy groups -OCH3 is 3. The Balaban J connectivity index is 3.09. The molecule has 0 amide bonds. The summed E-state index contributed by atoms with van der Waals surface area (Å²) in [6, 6.07) is 2.25. The summed E-state index contributed by atoms with van der Waals surface area (Å²) in [5.74, 6) is -1.92. The van der Waals surface area contributed by atoms with Gasteiger partial charge in [0.05, 0.1) is 27.8 Å². The molecule has 0 N–H and O–H groups in total. The maximum Gasteiger partial charge on any atom is 0.341 e. The second-order valence-electron chi connectivity index (χ2n) is 4.78. The van der Waals surface area contributed by atoms with Gasteiger partial charge in [-0.2, -0.15) is 0 Å². The molecule has 7 heteroatoms. The Bertz CT molecular complexity index is 558. The first-order chi connectivity index (χ1) is 11.0. The highest BCUT2D eigenvalue weighted by Crippen LogP contribution is 2.30. The van der Waals surface area contributed by atoms with E-state index in [2.05, 4.69) is 9.47 Å². The van der Waals surface area contributed by atoms with Crippen molar-refractivity contribution in [2.75, 3.05) is 21.3 Å². The molecule has 6 nitrogen and oxygen atoms in total. The van der Waals surface area contributed by atoms with E-state index in [-0.39, 0.29) is 23.5 Å². The van der Waals surface area contributed by atoms with Gasteiger partial charge in [-0.25, -0.2) is 9.18 Å². The molecule has 0 aliphatic carbocycles. The lowest BCUT2D eigenvalue weighted by atomic mass is 10.1. The van der Waals surface area contributed by atoms with Crippen molar-refractivity contribution < 1.29 is 32.9 Å². The second kappa shape index (κ2) is 8.97. The van der Waals surface area contributed by atoms with E-state index < -0.39 is 23.9 Å². The number of ether oxygens (including phenoxy) is 4. The zero-order valence-electron chi connectivity index (χ0n) is 13.7. The molecule has 1 atom stereocenters. The monoisotopic (exact) mass is 328 g/mol. The van der Waals surface area contributed by atoms with Crippen LogP contribution in [0, 0.1) is 5.82 Å². The van der Waals surface area contributed by atoms with Gasteiger partial charge in [-0.05, 0) is 6.42 Å². The molecule has 0 radical (unpaired) electrons. The molecule has 0 heterocycles. The summed E-state index contributed by atoms with van der Waals surface area (Å²) in [6.07, 6.45) is 0.710. The van der Waals surface area contributed by atoms with Gasteiger partial charge in [-0.3, -0.25) is 4.79 Å². The summed E-state index contributed by atoms with van der Waals surface area (Å²) in [7, 11) is 3.80. The standard InChI is InChI=1S/C16H21FO6/c1-5-6-10(7-15(18)21-3)23-14-8-11(16(19)22-4)13(20-2)9-12(14)17/h8-10H,5-7H2,1-4H3. The Morgan fingerprint density at radius 1 is 1.13 bits per heavy atom. The van der Waals surface area contributed by atoms with Crippen molar-refractivity contribution in [2.45, 2.75) is 32.3 Å². The van der Waals surface area contributed by atoms with Gasteiger partial charge in [-0.1, -0.05) is 13.3 Å². The topological polar surface area (TPSA) is 71.1 Å². The van der Waals surface area contributed by atoms with Gasteiger partial charge in [0.25, 0.3) is 0 Å². The Morgan fingerprint density at radius 2 is 1.83 bits per heavy atom. The average Bonchev–Trinajstić information content (AvgIpc) is 2.55. The predicted molar refractivity (Wildman–Crippen MR) is 80.2 cm³/mol. The van der Waals surface area contributed by atoms with Crippen molar-refractivity contribution >= 4 is 11.9 Å². The van der Waals surface area contributed by atoms with Gasteiger partial charge in [0.2, 0.25) is 0 Å². The van der Waals surface area contributed by atoms with Gasteiger partial charge < -0.3 is 18.9 Å². The van der Waals surface area contributed by atoms with Crippen molar-refractivity contribution in [2.24, 2.45) is 0 Å². The summed E-state index contributed by atoms with van der Waals surface area (Å²) in [4.78, 5) is 23.1. The molecule has 0 bridgehead atoms. The lowest BCUT2D eigenvalue weighted by Crippen LogP contribution is -2.22. The minimum Gasteiger partial charge on any atom is -0.496 e. The van der Waals surface area contributed by atoms with Crippen LogP contribution < -0.4 is 9.47 Å². The van der Waals surface area contributed by atoms with Crippen molar-refractivity contribution in [3.8, 4) is 11.5 Å². The van der Waals surface area contributed by atoms with E-state index in [9.17, 15) is 14.0 Å². The van der Waals surface area contributed by atoms with E-state index in [1.165, 1.54) is 27.4 Å². The first-order valence-corrected chi connectivity index (χ1v) is 7.16. The second-order valence-corrected chi connectivity index (χ2v) is 4.78. The molecule has 1 aromatic carbocycles. The fourth-order valence-electron chi connectivity index (χ4n) is 2.04. The Hall–Kier alpha value is -2.31. The lowest BCUT2D eigenvalue weighted by molar-refractivity contribution is -0.142. The zero-order valence-corrected chi connectivity index (χ0v) is 13.7. The number of hydrogen-bond donors (Lipinski definition) is 0. The van der Waals surface area contributed by atoms with Crippen LogP contribution in [0.25, 0.3) is 0 Å². The Kier molecular flexibility index (Phi) is 7.31. The lowest BCUT2D eigenvalue weighted by Gasteiger charge is -2.19. The number of esters is 2. The highest BCUT2D eigenvalue weighted by Gasteiger charge is 2.21. The maximum absolute atomic E-state index is 14.1. The number of carbonyl (C=O) groups excluding carboxylic acids is 2. The Labute approximate surface area is 134 Å². The molecule has 1 unspecified atom stereocenters. The highest BCUT2D eigenvalue weighted by atomic mass is 19.1. The molecular formula is C16H21FO6. The van der Waals surface area contributed by atoms with Crippen molar-refractivity contribution in [1.82, 2.24) is 0 Å². The van der Waals surface area contributed by atoms with Crippen LogP contribution in [0.2, 0.25) is 0 Å². The Morgan fingerprint density at radius 3 is 2.35 bits per heavy atom. The van der Waals surface area contributed by atoms with Crippen LogP contribution in [0.15, 0.2) is 12.1 Å². The fraction of sp³-hybridized carbons (Fsp3) is 0.500. The molecule has 0 saturated carbocycles. The summed E-state index contributed by atoms with van der Waals surface area (Å²) in [5.41, 5.74) is 0.0414. The molecule has 0 fully saturated rings. The number of halogens is 1. The van der Waals surface area contributed by atoms with E-state index in [0.29, 0.717) is 6.42 Å². The van der Waals surface area contributed by atoms with Crippen LogP contribution in [0.5, 0.6) is 11.5 Å². The minimum absolute atomic E-state index is 0.0105. The molecule has 0 saturated heterocycles.